The van der Waals surface area contributed by atoms with Crippen molar-refractivity contribution in [3.63, 3.8) is 0 Å². The molecule has 140 valence electrons. The maximum Gasteiger partial charge on any atom is 0.433 e. The Kier molecular flexibility index (Phi) is 5.04. The van der Waals surface area contributed by atoms with Gasteiger partial charge < -0.3 is 0 Å². The van der Waals surface area contributed by atoms with Crippen molar-refractivity contribution in [3.8, 4) is 5.13 Å². The molecule has 0 bridgehead atoms. The normalized spacial score (nSPS) is 11.9. The number of benzene rings is 1. The zero-order valence-electron chi connectivity index (χ0n) is 13.7. The molecule has 0 unspecified atom stereocenters. The number of nitrogens with one attached hydrogen (secondary N) is 1. The van der Waals surface area contributed by atoms with E-state index in [0.29, 0.717) is 10.2 Å². The van der Waals surface area contributed by atoms with Crippen LogP contribution in [-0.4, -0.2) is 26.9 Å². The fraction of sp³-hybridized carbons (Fsp3) is 0.125. The number of carbonyl (C=O) groups excluding carboxylic acids is 1. The van der Waals surface area contributed by atoms with Crippen molar-refractivity contribution in [3.05, 3.63) is 64.2 Å². The molecule has 2 aromatic heterocycles. The lowest BCUT2D eigenvalue weighted by atomic mass is 10.2. The van der Waals surface area contributed by atoms with Crippen LogP contribution >= 0.6 is 11.3 Å². The van der Waals surface area contributed by atoms with E-state index in [2.05, 4.69) is 20.6 Å². The lowest BCUT2D eigenvalue weighted by Crippen LogP contribution is -2.18. The molecule has 0 radical (unpaired) electrons. The summed E-state index contributed by atoms with van der Waals surface area (Å²) in [6.45, 7) is 1.43. The topological polar surface area (TPSA) is 72.2 Å². The fourth-order valence-electron chi connectivity index (χ4n) is 2.08. The van der Waals surface area contributed by atoms with Crippen LogP contribution in [0.3, 0.4) is 0 Å². The van der Waals surface area contributed by atoms with E-state index in [1.54, 1.807) is 0 Å². The minimum atomic E-state index is -4.60. The summed E-state index contributed by atoms with van der Waals surface area (Å²) < 4.78 is 52.6. The van der Waals surface area contributed by atoms with E-state index in [4.69, 9.17) is 0 Å². The Bertz CT molecular complexity index is 991. The van der Waals surface area contributed by atoms with Gasteiger partial charge in [0, 0.05) is 5.38 Å². The van der Waals surface area contributed by atoms with Crippen LogP contribution in [-0.2, 0) is 6.18 Å². The molecule has 0 aliphatic carbocycles. The van der Waals surface area contributed by atoms with E-state index in [9.17, 15) is 22.4 Å². The Morgan fingerprint density at radius 3 is 2.67 bits per heavy atom. The van der Waals surface area contributed by atoms with E-state index in [1.807, 2.05) is 0 Å². The van der Waals surface area contributed by atoms with E-state index < -0.39 is 23.6 Å². The number of hydrogen-bond donors (Lipinski definition) is 1. The maximum absolute atomic E-state index is 13.1. The lowest BCUT2D eigenvalue weighted by Gasteiger charge is -2.07. The minimum absolute atomic E-state index is 0.0944. The average Bonchev–Trinajstić information content (AvgIpc) is 3.22. The Morgan fingerprint density at radius 1 is 1.30 bits per heavy atom. The predicted octanol–water partition coefficient (Wildman–Crippen LogP) is 3.56. The molecule has 2 heterocycles. The molecular weight excluding hydrogens is 386 g/mol. The molecule has 0 aliphatic rings. The first kappa shape index (κ1) is 18.7. The van der Waals surface area contributed by atoms with Crippen molar-refractivity contribution in [2.24, 2.45) is 5.10 Å². The third-order valence-electron chi connectivity index (χ3n) is 3.28. The largest absolute Gasteiger partial charge is 0.433 e. The summed E-state index contributed by atoms with van der Waals surface area (Å²) in [5, 5.41) is 8.69. The summed E-state index contributed by atoms with van der Waals surface area (Å²) in [6, 6.07) is 6.30. The molecule has 0 fully saturated rings. The first-order chi connectivity index (χ1) is 12.7. The van der Waals surface area contributed by atoms with Crippen LogP contribution in [0.15, 0.2) is 40.8 Å². The number of nitrogens with zero attached hydrogens (tertiary/aromatic N) is 4. The molecule has 1 N–H and O–H groups in total. The van der Waals surface area contributed by atoms with Crippen molar-refractivity contribution >= 4 is 23.5 Å². The van der Waals surface area contributed by atoms with Crippen molar-refractivity contribution in [2.75, 3.05) is 0 Å². The highest BCUT2D eigenvalue weighted by Crippen LogP contribution is 2.32. The molecule has 0 aliphatic heterocycles. The van der Waals surface area contributed by atoms with Crippen LogP contribution in [0.5, 0.6) is 0 Å². The zero-order valence-corrected chi connectivity index (χ0v) is 14.5. The number of hydrazone groups is 1. The zero-order chi connectivity index (χ0) is 19.6. The van der Waals surface area contributed by atoms with Crippen LogP contribution in [0.1, 0.15) is 27.4 Å². The molecule has 0 saturated carbocycles. The summed E-state index contributed by atoms with van der Waals surface area (Å²) in [6.07, 6.45) is -3.31. The van der Waals surface area contributed by atoms with Gasteiger partial charge in [-0.05, 0) is 30.7 Å². The lowest BCUT2D eigenvalue weighted by molar-refractivity contribution is -0.142. The van der Waals surface area contributed by atoms with Crippen molar-refractivity contribution < 1.29 is 22.4 Å². The number of thiazole rings is 1. The van der Waals surface area contributed by atoms with Crippen LogP contribution in [0.4, 0.5) is 17.6 Å². The molecule has 0 atom stereocenters. The van der Waals surface area contributed by atoms with Gasteiger partial charge in [0.2, 0.25) is 5.13 Å². The molecular formula is C16H11F4N5OS. The maximum atomic E-state index is 13.1. The van der Waals surface area contributed by atoms with Gasteiger partial charge in [0.05, 0.1) is 11.9 Å². The quantitative estimate of drug-likeness (QED) is 0.416. The predicted molar refractivity (Wildman–Crippen MR) is 90.4 cm³/mol. The van der Waals surface area contributed by atoms with Crippen molar-refractivity contribution in [1.29, 1.82) is 0 Å². The van der Waals surface area contributed by atoms with Gasteiger partial charge in [-0.3, -0.25) is 4.79 Å². The van der Waals surface area contributed by atoms with Gasteiger partial charge in [-0.15, -0.1) is 11.3 Å². The summed E-state index contributed by atoms with van der Waals surface area (Å²) in [5.74, 6) is -1.11. The number of alkyl halides is 3. The van der Waals surface area contributed by atoms with Crippen molar-refractivity contribution in [1.82, 2.24) is 20.2 Å². The monoisotopic (exact) mass is 397 g/mol. The third-order valence-corrected chi connectivity index (χ3v) is 4.09. The molecule has 11 heteroatoms. The fourth-order valence-corrected chi connectivity index (χ4v) is 2.85. The first-order valence-corrected chi connectivity index (χ1v) is 8.31. The molecule has 0 spiro atoms. The second-order valence-corrected chi connectivity index (χ2v) is 6.18. The summed E-state index contributed by atoms with van der Waals surface area (Å²) in [5.41, 5.74) is 1.85. The van der Waals surface area contributed by atoms with E-state index >= 15 is 0 Å². The highest BCUT2D eigenvalue weighted by molar-refractivity contribution is 7.12. The average molecular weight is 397 g/mol. The Balaban J connectivity index is 1.74. The molecule has 3 aromatic rings. The molecule has 27 heavy (non-hydrogen) atoms. The van der Waals surface area contributed by atoms with Gasteiger partial charge in [0.25, 0.3) is 5.91 Å². The number of aryl methyl sites for hydroxylation is 1. The van der Waals surface area contributed by atoms with Crippen LogP contribution < -0.4 is 5.43 Å². The van der Waals surface area contributed by atoms with Crippen molar-refractivity contribution in [2.45, 2.75) is 13.1 Å². The van der Waals surface area contributed by atoms with E-state index in [-0.39, 0.29) is 16.5 Å². The van der Waals surface area contributed by atoms with E-state index in [1.165, 1.54) is 42.8 Å². The second-order valence-electron chi connectivity index (χ2n) is 5.35. The van der Waals surface area contributed by atoms with Crippen LogP contribution in [0.25, 0.3) is 5.13 Å². The number of aromatic nitrogens is 3. The number of amides is 1. The van der Waals surface area contributed by atoms with Gasteiger partial charge in [-0.25, -0.2) is 19.5 Å². The minimum Gasteiger partial charge on any atom is -0.266 e. The summed E-state index contributed by atoms with van der Waals surface area (Å²) >= 11 is 0.841. The summed E-state index contributed by atoms with van der Waals surface area (Å²) in [7, 11) is 0. The number of rotatable bonds is 4. The third kappa shape index (κ3) is 4.37. The van der Waals surface area contributed by atoms with Gasteiger partial charge in [-0.1, -0.05) is 12.1 Å². The molecule has 1 amide bonds. The Labute approximate surface area is 154 Å². The number of hydrogen-bond acceptors (Lipinski definition) is 5. The Morgan fingerprint density at radius 2 is 2.00 bits per heavy atom. The number of carbonyl (C=O) groups is 1. The van der Waals surface area contributed by atoms with Gasteiger partial charge in [-0.2, -0.15) is 23.4 Å². The highest BCUT2D eigenvalue weighted by atomic mass is 32.1. The Hall–Kier alpha value is -3.08. The van der Waals surface area contributed by atoms with Crippen LogP contribution in [0.2, 0.25) is 0 Å². The van der Waals surface area contributed by atoms with Gasteiger partial charge >= 0.3 is 6.18 Å². The van der Waals surface area contributed by atoms with Gasteiger partial charge in [0.15, 0.2) is 5.69 Å². The molecule has 3 rings (SSSR count). The van der Waals surface area contributed by atoms with E-state index in [0.717, 1.165) is 17.4 Å². The summed E-state index contributed by atoms with van der Waals surface area (Å²) in [4.78, 5) is 15.9. The molecule has 0 saturated heterocycles. The smallest absolute Gasteiger partial charge is 0.266 e. The standard InChI is InChI=1S/C16H11F4N5OS/c1-9-6-13(16(18,19)20)25(24-9)15-22-12(8-27-15)14(26)23-21-7-10-2-4-11(17)5-3-10/h2-8H,1H3,(H,23,26)/b21-7-. The molecule has 6 nitrogen and oxygen atoms in total. The number of halogens is 4. The highest BCUT2D eigenvalue weighted by Gasteiger charge is 2.36. The molecule has 1 aromatic carbocycles. The van der Waals surface area contributed by atoms with Crippen LogP contribution in [0, 0.1) is 12.7 Å². The first-order valence-electron chi connectivity index (χ1n) is 7.43. The second kappa shape index (κ2) is 7.27. The SMILES string of the molecule is Cc1cc(C(F)(F)F)n(-c2nc(C(=O)N/N=C\c3ccc(F)cc3)cs2)n1. The van der Waals surface area contributed by atoms with Gasteiger partial charge in [0.1, 0.15) is 11.5 Å².